The van der Waals surface area contributed by atoms with Gasteiger partial charge >= 0.3 is 0 Å². The van der Waals surface area contributed by atoms with Crippen LogP contribution in [0.5, 0.6) is 0 Å². The number of carbonyl (C=O) groups excluding carboxylic acids is 1. The number of benzene rings is 1. The zero-order valence-electron chi connectivity index (χ0n) is 12.6. The van der Waals surface area contributed by atoms with Gasteiger partial charge in [0.05, 0.1) is 6.10 Å². The number of ether oxygens (including phenoxy) is 1. The molecule has 0 aliphatic heterocycles. The lowest BCUT2D eigenvalue weighted by molar-refractivity contribution is -0.117. The van der Waals surface area contributed by atoms with Gasteiger partial charge in [0.2, 0.25) is 5.91 Å². The predicted octanol–water partition coefficient (Wildman–Crippen LogP) is 3.40. The summed E-state index contributed by atoms with van der Waals surface area (Å²) >= 11 is 0. The third kappa shape index (κ3) is 3.97. The Morgan fingerprint density at radius 1 is 1.10 bits per heavy atom. The number of rotatable bonds is 5. The van der Waals surface area contributed by atoms with Crippen LogP contribution >= 0.6 is 0 Å². The Balaban J connectivity index is 1.52. The van der Waals surface area contributed by atoms with E-state index in [0.717, 1.165) is 30.6 Å². The summed E-state index contributed by atoms with van der Waals surface area (Å²) in [5.74, 6) is 0.405. The highest BCUT2D eigenvalue weighted by atomic mass is 16.5. The molecule has 1 aromatic rings. The molecule has 0 saturated heterocycles. The molecular weight excluding hydrogens is 264 g/mol. The molecule has 0 spiro atoms. The van der Waals surface area contributed by atoms with Gasteiger partial charge in [0.25, 0.3) is 0 Å². The lowest BCUT2D eigenvalue weighted by atomic mass is 9.92. The molecule has 4 nitrogen and oxygen atoms in total. The normalized spacial score (nSPS) is 25.4. The van der Waals surface area contributed by atoms with Crippen molar-refractivity contribution in [2.24, 2.45) is 5.92 Å². The first kappa shape index (κ1) is 14.4. The van der Waals surface area contributed by atoms with Gasteiger partial charge in [-0.15, -0.1) is 0 Å². The Morgan fingerprint density at radius 3 is 2.48 bits per heavy atom. The van der Waals surface area contributed by atoms with E-state index in [2.05, 4.69) is 10.6 Å². The highest BCUT2D eigenvalue weighted by molar-refractivity contribution is 5.94. The molecule has 2 fully saturated rings. The molecule has 1 amide bonds. The molecule has 2 saturated carbocycles. The van der Waals surface area contributed by atoms with Crippen LogP contribution in [0.25, 0.3) is 0 Å². The number of methoxy groups -OCH3 is 1. The van der Waals surface area contributed by atoms with Crippen molar-refractivity contribution in [3.63, 3.8) is 0 Å². The monoisotopic (exact) mass is 288 g/mol. The summed E-state index contributed by atoms with van der Waals surface area (Å²) in [7, 11) is 1.80. The summed E-state index contributed by atoms with van der Waals surface area (Å²) in [5.41, 5.74) is 2.00. The second kappa shape index (κ2) is 6.48. The van der Waals surface area contributed by atoms with Crippen molar-refractivity contribution in [3.8, 4) is 0 Å². The van der Waals surface area contributed by atoms with Crippen LogP contribution in [-0.2, 0) is 9.53 Å². The smallest absolute Gasteiger partial charge is 0.227 e. The van der Waals surface area contributed by atoms with Gasteiger partial charge in [-0.05, 0) is 62.8 Å². The van der Waals surface area contributed by atoms with Crippen molar-refractivity contribution in [2.45, 2.75) is 50.7 Å². The molecular formula is C17H24N2O2. The quantitative estimate of drug-likeness (QED) is 0.873. The first-order valence-corrected chi connectivity index (χ1v) is 7.95. The van der Waals surface area contributed by atoms with Gasteiger partial charge in [0.15, 0.2) is 0 Å². The minimum atomic E-state index is 0.158. The number of anilines is 2. The van der Waals surface area contributed by atoms with Gasteiger partial charge in [-0.1, -0.05) is 0 Å². The van der Waals surface area contributed by atoms with Crippen LogP contribution in [-0.4, -0.2) is 25.2 Å². The van der Waals surface area contributed by atoms with E-state index in [9.17, 15) is 4.79 Å². The molecule has 114 valence electrons. The fraction of sp³-hybridized carbons (Fsp3) is 0.588. The van der Waals surface area contributed by atoms with Crippen molar-refractivity contribution in [2.75, 3.05) is 17.7 Å². The molecule has 1 aromatic carbocycles. The molecule has 2 aliphatic rings. The van der Waals surface area contributed by atoms with E-state index in [4.69, 9.17) is 4.74 Å². The van der Waals surface area contributed by atoms with E-state index < -0.39 is 0 Å². The largest absolute Gasteiger partial charge is 0.382 e. The molecule has 4 heteroatoms. The van der Waals surface area contributed by atoms with Gasteiger partial charge in [0.1, 0.15) is 0 Å². The molecule has 2 aliphatic carbocycles. The molecule has 2 N–H and O–H groups in total. The SMILES string of the molecule is COC1CCCC(Nc2ccc(NC(=O)C3CC3)cc2)C1. The second-order valence-electron chi connectivity index (χ2n) is 6.21. The van der Waals surface area contributed by atoms with Crippen LogP contribution in [0.4, 0.5) is 11.4 Å². The zero-order chi connectivity index (χ0) is 14.7. The first-order chi connectivity index (χ1) is 10.2. The number of carbonyl (C=O) groups is 1. The maximum atomic E-state index is 11.7. The summed E-state index contributed by atoms with van der Waals surface area (Å²) in [4.78, 5) is 11.7. The minimum Gasteiger partial charge on any atom is -0.382 e. The van der Waals surface area contributed by atoms with Gasteiger partial charge in [-0.2, -0.15) is 0 Å². The zero-order valence-corrected chi connectivity index (χ0v) is 12.6. The van der Waals surface area contributed by atoms with E-state index in [1.54, 1.807) is 7.11 Å². The van der Waals surface area contributed by atoms with E-state index in [0.29, 0.717) is 12.1 Å². The summed E-state index contributed by atoms with van der Waals surface area (Å²) in [6, 6.07) is 8.51. The van der Waals surface area contributed by atoms with Crippen LogP contribution in [0.3, 0.4) is 0 Å². The van der Waals surface area contributed by atoms with Crippen molar-refractivity contribution in [1.82, 2.24) is 0 Å². The molecule has 0 heterocycles. The third-order valence-electron chi connectivity index (χ3n) is 4.43. The third-order valence-corrected chi connectivity index (χ3v) is 4.43. The lowest BCUT2D eigenvalue weighted by Crippen LogP contribution is -2.30. The molecule has 2 unspecified atom stereocenters. The van der Waals surface area contributed by atoms with E-state index >= 15 is 0 Å². The van der Waals surface area contributed by atoms with Crippen molar-refractivity contribution in [3.05, 3.63) is 24.3 Å². The van der Waals surface area contributed by atoms with Crippen LogP contribution < -0.4 is 10.6 Å². The molecule has 0 bridgehead atoms. The van der Waals surface area contributed by atoms with Crippen LogP contribution in [0.15, 0.2) is 24.3 Å². The number of hydrogen-bond donors (Lipinski definition) is 2. The highest BCUT2D eigenvalue weighted by Crippen LogP contribution is 2.30. The van der Waals surface area contributed by atoms with Crippen molar-refractivity contribution < 1.29 is 9.53 Å². The van der Waals surface area contributed by atoms with Gasteiger partial charge < -0.3 is 15.4 Å². The fourth-order valence-electron chi connectivity index (χ4n) is 2.97. The molecule has 21 heavy (non-hydrogen) atoms. The van der Waals surface area contributed by atoms with Gasteiger partial charge in [0, 0.05) is 30.4 Å². The van der Waals surface area contributed by atoms with Crippen LogP contribution in [0, 0.1) is 5.92 Å². The minimum absolute atomic E-state index is 0.158. The van der Waals surface area contributed by atoms with E-state index in [1.165, 1.54) is 19.3 Å². The van der Waals surface area contributed by atoms with E-state index in [-0.39, 0.29) is 11.8 Å². The molecule has 3 rings (SSSR count). The lowest BCUT2D eigenvalue weighted by Gasteiger charge is -2.29. The Kier molecular flexibility index (Phi) is 4.44. The summed E-state index contributed by atoms with van der Waals surface area (Å²) < 4.78 is 5.46. The van der Waals surface area contributed by atoms with E-state index in [1.807, 2.05) is 24.3 Å². The number of hydrogen-bond acceptors (Lipinski definition) is 3. The predicted molar refractivity (Wildman–Crippen MR) is 84.5 cm³/mol. The Morgan fingerprint density at radius 2 is 1.81 bits per heavy atom. The number of amides is 1. The van der Waals surface area contributed by atoms with Crippen molar-refractivity contribution in [1.29, 1.82) is 0 Å². The highest BCUT2D eigenvalue weighted by Gasteiger charge is 2.29. The molecule has 0 aromatic heterocycles. The summed E-state index contributed by atoms with van der Waals surface area (Å²) in [6.45, 7) is 0. The Hall–Kier alpha value is -1.55. The standard InChI is InChI=1S/C17H24N2O2/c1-21-16-4-2-3-15(11-16)18-13-7-9-14(10-8-13)19-17(20)12-5-6-12/h7-10,12,15-16,18H,2-6,11H2,1H3,(H,19,20). The second-order valence-corrected chi connectivity index (χ2v) is 6.21. The fourth-order valence-corrected chi connectivity index (χ4v) is 2.97. The first-order valence-electron chi connectivity index (χ1n) is 7.95. The van der Waals surface area contributed by atoms with Gasteiger partial charge in [-0.25, -0.2) is 0 Å². The van der Waals surface area contributed by atoms with Gasteiger partial charge in [-0.3, -0.25) is 4.79 Å². The average Bonchev–Trinajstić information content (AvgIpc) is 3.34. The number of nitrogens with one attached hydrogen (secondary N) is 2. The van der Waals surface area contributed by atoms with Crippen molar-refractivity contribution >= 4 is 17.3 Å². The maximum Gasteiger partial charge on any atom is 0.227 e. The van der Waals surface area contributed by atoms with Crippen LogP contribution in [0.1, 0.15) is 38.5 Å². The summed E-state index contributed by atoms with van der Waals surface area (Å²) in [6.07, 6.45) is 7.10. The molecule has 0 radical (unpaired) electrons. The maximum absolute atomic E-state index is 11.7. The molecule has 2 atom stereocenters. The Labute approximate surface area is 126 Å². The average molecular weight is 288 g/mol. The summed E-state index contributed by atoms with van der Waals surface area (Å²) in [5, 5.41) is 6.53. The van der Waals surface area contributed by atoms with Crippen LogP contribution in [0.2, 0.25) is 0 Å². The Bertz CT molecular complexity index is 482. The topological polar surface area (TPSA) is 50.4 Å².